The van der Waals surface area contributed by atoms with Crippen LogP contribution in [0.4, 0.5) is 4.39 Å². The largest absolute Gasteiger partial charge is 0.380 e. The molecule has 24 heavy (non-hydrogen) atoms. The lowest BCUT2D eigenvalue weighted by Gasteiger charge is -2.36. The fourth-order valence-electron chi connectivity index (χ4n) is 2.55. The minimum atomic E-state index is -0.596. The number of hydrogen-bond donors (Lipinski definition) is 2. The summed E-state index contributed by atoms with van der Waals surface area (Å²) >= 11 is 0. The van der Waals surface area contributed by atoms with Crippen molar-refractivity contribution in [3.05, 3.63) is 71.5 Å². The van der Waals surface area contributed by atoms with Crippen LogP contribution in [0.1, 0.15) is 26.3 Å². The highest BCUT2D eigenvalue weighted by atomic mass is 19.1. The summed E-state index contributed by atoms with van der Waals surface area (Å²) < 4.78 is 13.0. The number of amidine groups is 1. The number of nitrogens with one attached hydrogen (secondary N) is 1. The van der Waals surface area contributed by atoms with E-state index in [0.717, 1.165) is 28.4 Å². The second-order valence-corrected chi connectivity index (χ2v) is 6.59. The van der Waals surface area contributed by atoms with E-state index < -0.39 is 5.54 Å². The van der Waals surface area contributed by atoms with Crippen LogP contribution in [0.15, 0.2) is 65.1 Å². The van der Waals surface area contributed by atoms with Crippen LogP contribution in [0.25, 0.3) is 0 Å². The van der Waals surface area contributed by atoms with Gasteiger partial charge in [0, 0.05) is 19.3 Å². The van der Waals surface area contributed by atoms with E-state index in [1.165, 1.54) is 12.1 Å². The summed E-state index contributed by atoms with van der Waals surface area (Å²) in [5.74, 6) is 0.486. The topological polar surface area (TPSA) is 53.6 Å². The van der Waals surface area contributed by atoms with Crippen LogP contribution in [0.2, 0.25) is 0 Å². The first kappa shape index (κ1) is 17.9. The molecule has 0 aliphatic carbocycles. The molecule has 1 aliphatic heterocycles. The van der Waals surface area contributed by atoms with E-state index in [2.05, 4.69) is 18.5 Å². The molecule has 5 heteroatoms. The maximum atomic E-state index is 13.0. The van der Waals surface area contributed by atoms with Crippen LogP contribution in [0.5, 0.6) is 0 Å². The Morgan fingerprint density at radius 2 is 1.92 bits per heavy atom. The molecular weight excluding hydrogens is 303 g/mol. The number of halogens is 1. The van der Waals surface area contributed by atoms with Crippen molar-refractivity contribution in [2.75, 3.05) is 7.05 Å². The Labute approximate surface area is 143 Å². The molecular formula is C19H25FN4. The van der Waals surface area contributed by atoms with E-state index in [-0.39, 0.29) is 5.82 Å². The first-order chi connectivity index (χ1) is 11.1. The van der Waals surface area contributed by atoms with Gasteiger partial charge in [0.25, 0.3) is 0 Å². The molecule has 4 nitrogen and oxygen atoms in total. The minimum absolute atomic E-state index is 0.248. The van der Waals surface area contributed by atoms with Crippen LogP contribution in [0.3, 0.4) is 0 Å². The van der Waals surface area contributed by atoms with Gasteiger partial charge in [0.15, 0.2) is 0 Å². The molecule has 1 aromatic carbocycles. The molecule has 0 radical (unpaired) electrons. The second kappa shape index (κ2) is 6.61. The first-order valence-electron chi connectivity index (χ1n) is 7.80. The van der Waals surface area contributed by atoms with Crippen molar-refractivity contribution in [1.82, 2.24) is 10.2 Å². The van der Waals surface area contributed by atoms with Gasteiger partial charge in [0.2, 0.25) is 0 Å². The summed E-state index contributed by atoms with van der Waals surface area (Å²) in [6, 6.07) is 6.36. The van der Waals surface area contributed by atoms with Crippen LogP contribution in [-0.2, 0) is 6.54 Å². The Kier molecular flexibility index (Phi) is 4.94. The van der Waals surface area contributed by atoms with Crippen molar-refractivity contribution >= 4 is 5.84 Å². The van der Waals surface area contributed by atoms with E-state index in [1.54, 1.807) is 12.1 Å². The second-order valence-electron chi connectivity index (χ2n) is 6.59. The fourth-order valence-corrected chi connectivity index (χ4v) is 2.55. The Balaban J connectivity index is 2.22. The summed E-state index contributed by atoms with van der Waals surface area (Å²) in [5.41, 5.74) is 9.82. The third kappa shape index (κ3) is 3.74. The lowest BCUT2D eigenvalue weighted by atomic mass is 9.99. The molecule has 3 N–H and O–H groups in total. The molecule has 0 saturated heterocycles. The van der Waals surface area contributed by atoms with Gasteiger partial charge in [-0.1, -0.05) is 25.3 Å². The van der Waals surface area contributed by atoms with Gasteiger partial charge in [-0.15, -0.1) is 0 Å². The zero-order valence-corrected chi connectivity index (χ0v) is 14.8. The lowest BCUT2D eigenvalue weighted by molar-refractivity contribution is 0.536. The molecule has 1 aromatic rings. The Morgan fingerprint density at radius 1 is 1.33 bits per heavy atom. The van der Waals surface area contributed by atoms with Gasteiger partial charge in [-0.05, 0) is 44.0 Å². The highest BCUT2D eigenvalue weighted by Crippen LogP contribution is 2.28. The van der Waals surface area contributed by atoms with Gasteiger partial charge < -0.3 is 16.0 Å². The van der Waals surface area contributed by atoms with Gasteiger partial charge in [-0.25, -0.2) is 9.38 Å². The van der Waals surface area contributed by atoms with E-state index >= 15 is 0 Å². The molecule has 2 rings (SSSR count). The molecule has 1 aliphatic rings. The van der Waals surface area contributed by atoms with Gasteiger partial charge >= 0.3 is 0 Å². The van der Waals surface area contributed by atoms with Crippen LogP contribution in [0, 0.1) is 5.82 Å². The van der Waals surface area contributed by atoms with Crippen molar-refractivity contribution in [1.29, 1.82) is 0 Å². The molecule has 0 fully saturated rings. The van der Waals surface area contributed by atoms with Crippen LogP contribution < -0.4 is 11.1 Å². The quantitative estimate of drug-likeness (QED) is 0.872. The number of benzene rings is 1. The zero-order chi connectivity index (χ0) is 18.1. The molecule has 1 heterocycles. The van der Waals surface area contributed by atoms with Crippen LogP contribution >= 0.6 is 0 Å². The zero-order valence-electron chi connectivity index (χ0n) is 14.8. The van der Waals surface area contributed by atoms with Gasteiger partial charge in [-0.2, -0.15) is 0 Å². The smallest absolute Gasteiger partial charge is 0.129 e. The number of allylic oxidation sites excluding steroid dienone is 1. The molecule has 128 valence electrons. The summed E-state index contributed by atoms with van der Waals surface area (Å²) in [6.07, 6.45) is 0. The predicted octanol–water partition coefficient (Wildman–Crippen LogP) is 3.30. The summed E-state index contributed by atoms with van der Waals surface area (Å²) in [7, 11) is 1.91. The SMILES string of the molecule is C=C(NCc1ccc(F)cc1)C1=C(C)C(=C)N(C)C(C(C)(C)N)=N1. The maximum Gasteiger partial charge on any atom is 0.129 e. The van der Waals surface area contributed by atoms with Crippen molar-refractivity contribution in [2.45, 2.75) is 32.9 Å². The first-order valence-corrected chi connectivity index (χ1v) is 7.80. The van der Waals surface area contributed by atoms with E-state index in [4.69, 9.17) is 10.7 Å². The normalized spacial score (nSPS) is 15.5. The number of nitrogens with two attached hydrogens (primary N) is 1. The predicted molar refractivity (Wildman–Crippen MR) is 97.7 cm³/mol. The fraction of sp³-hybridized carbons (Fsp3) is 0.316. The molecule has 0 amide bonds. The third-order valence-corrected chi connectivity index (χ3v) is 4.01. The van der Waals surface area contributed by atoms with E-state index in [0.29, 0.717) is 12.2 Å². The number of aliphatic imine (C=N–C) groups is 1. The highest BCUT2D eigenvalue weighted by Gasteiger charge is 2.30. The Bertz CT molecular complexity index is 721. The maximum absolute atomic E-state index is 13.0. The molecule has 0 spiro atoms. The number of nitrogens with zero attached hydrogens (tertiary/aromatic N) is 2. The van der Waals surface area contributed by atoms with Crippen molar-refractivity contribution in [3.63, 3.8) is 0 Å². The lowest BCUT2D eigenvalue weighted by Crippen LogP contribution is -2.50. The Hall–Kier alpha value is -2.40. The van der Waals surface area contributed by atoms with Gasteiger partial charge in [0.05, 0.1) is 16.9 Å². The number of rotatable bonds is 5. The molecule has 0 aromatic heterocycles. The van der Waals surface area contributed by atoms with E-state index in [9.17, 15) is 4.39 Å². The summed E-state index contributed by atoms with van der Waals surface area (Å²) in [4.78, 5) is 6.61. The van der Waals surface area contributed by atoms with Gasteiger partial charge in [-0.3, -0.25) is 0 Å². The monoisotopic (exact) mass is 328 g/mol. The average molecular weight is 328 g/mol. The van der Waals surface area contributed by atoms with Gasteiger partial charge in [0.1, 0.15) is 11.7 Å². The van der Waals surface area contributed by atoms with Crippen molar-refractivity contribution in [2.24, 2.45) is 10.7 Å². The molecule has 0 atom stereocenters. The molecule has 0 saturated carbocycles. The standard InChI is InChI=1S/C19H25FN4/c1-12-14(3)24(6)18(19(4,5)21)23-17(12)13(2)22-11-15-7-9-16(20)10-8-15/h7-10,22H,2-3,11,21H2,1,4-6H3. The summed E-state index contributed by atoms with van der Waals surface area (Å²) in [6.45, 7) is 14.5. The summed E-state index contributed by atoms with van der Waals surface area (Å²) in [5, 5.41) is 3.24. The van der Waals surface area contributed by atoms with E-state index in [1.807, 2.05) is 32.7 Å². The molecule has 0 unspecified atom stereocenters. The highest BCUT2D eigenvalue weighted by molar-refractivity contribution is 5.94. The average Bonchev–Trinajstić information content (AvgIpc) is 2.51. The molecule has 0 bridgehead atoms. The number of hydrogen-bond acceptors (Lipinski definition) is 4. The Morgan fingerprint density at radius 3 is 2.46 bits per heavy atom. The minimum Gasteiger partial charge on any atom is -0.380 e. The van der Waals surface area contributed by atoms with Crippen LogP contribution in [-0.4, -0.2) is 23.3 Å². The van der Waals surface area contributed by atoms with Crippen molar-refractivity contribution < 1.29 is 4.39 Å². The third-order valence-electron chi connectivity index (χ3n) is 4.01. The number of likely N-dealkylation sites (N-methyl/N-ethyl adjacent to an activating group) is 1. The van der Waals surface area contributed by atoms with Crippen molar-refractivity contribution in [3.8, 4) is 0 Å².